The summed E-state index contributed by atoms with van der Waals surface area (Å²) in [6, 6.07) is 1.52. The number of H-pyrrole nitrogens is 1. The minimum atomic E-state index is -0.446. The number of hydrogen-bond donors (Lipinski definition) is 3. The third kappa shape index (κ3) is 5.32. The quantitative estimate of drug-likeness (QED) is 0.729. The van der Waals surface area contributed by atoms with Crippen molar-refractivity contribution in [3.05, 3.63) is 11.8 Å². The van der Waals surface area contributed by atoms with Crippen LogP contribution in [0, 0.1) is 0 Å². The topological polar surface area (TPSA) is 83.8 Å². The molecule has 1 heterocycles. The summed E-state index contributed by atoms with van der Waals surface area (Å²) >= 11 is 0. The number of hydrogen-bond acceptors (Lipinski definition) is 3. The van der Waals surface area contributed by atoms with E-state index in [0.29, 0.717) is 18.2 Å². The SMILES string of the molecule is CCCC(N)C(=O)Nc1cc(C2CCCCCC2)[nH]n1.Cl. The monoisotopic (exact) mass is 314 g/mol. The average Bonchev–Trinajstić information content (AvgIpc) is 2.73. The number of carbonyl (C=O) groups excluding carboxylic acids is 1. The molecule has 1 aromatic rings. The van der Waals surface area contributed by atoms with Gasteiger partial charge in [0.25, 0.3) is 0 Å². The third-order valence-electron chi connectivity index (χ3n) is 4.08. The van der Waals surface area contributed by atoms with E-state index in [1.807, 2.05) is 13.0 Å². The van der Waals surface area contributed by atoms with Gasteiger partial charge in [-0.05, 0) is 19.3 Å². The molecule has 1 aromatic heterocycles. The largest absolute Gasteiger partial charge is 0.320 e. The second kappa shape index (κ2) is 9.05. The highest BCUT2D eigenvalue weighted by atomic mass is 35.5. The third-order valence-corrected chi connectivity index (χ3v) is 4.08. The molecule has 0 aromatic carbocycles. The van der Waals surface area contributed by atoms with Crippen LogP contribution < -0.4 is 11.1 Å². The zero-order chi connectivity index (χ0) is 14.4. The highest BCUT2D eigenvalue weighted by molar-refractivity contribution is 5.93. The van der Waals surface area contributed by atoms with Gasteiger partial charge in [-0.3, -0.25) is 9.89 Å². The highest BCUT2D eigenvalue weighted by Crippen LogP contribution is 2.31. The van der Waals surface area contributed by atoms with Gasteiger partial charge < -0.3 is 11.1 Å². The molecule has 0 radical (unpaired) electrons. The van der Waals surface area contributed by atoms with Gasteiger partial charge in [-0.15, -0.1) is 12.4 Å². The Morgan fingerprint density at radius 1 is 1.43 bits per heavy atom. The van der Waals surface area contributed by atoms with Gasteiger partial charge in [0.15, 0.2) is 5.82 Å². The lowest BCUT2D eigenvalue weighted by molar-refractivity contribution is -0.117. The van der Waals surface area contributed by atoms with Crippen LogP contribution in [0.5, 0.6) is 0 Å². The molecule has 1 aliphatic carbocycles. The molecule has 4 N–H and O–H groups in total. The molecule has 0 aliphatic heterocycles. The van der Waals surface area contributed by atoms with E-state index in [9.17, 15) is 4.79 Å². The van der Waals surface area contributed by atoms with Crippen LogP contribution >= 0.6 is 12.4 Å². The molecule has 1 amide bonds. The Balaban J connectivity index is 0.00000220. The van der Waals surface area contributed by atoms with Crippen LogP contribution in [0.25, 0.3) is 0 Å². The number of carbonyl (C=O) groups is 1. The zero-order valence-electron chi connectivity index (χ0n) is 12.7. The number of aromatic nitrogens is 2. The van der Waals surface area contributed by atoms with Crippen LogP contribution in [0.4, 0.5) is 5.82 Å². The van der Waals surface area contributed by atoms with Gasteiger partial charge in [-0.1, -0.05) is 39.0 Å². The van der Waals surface area contributed by atoms with Crippen molar-refractivity contribution >= 4 is 24.1 Å². The molecular weight excluding hydrogens is 288 g/mol. The summed E-state index contributed by atoms with van der Waals surface area (Å²) < 4.78 is 0. The fraction of sp³-hybridized carbons (Fsp3) is 0.733. The molecule has 0 spiro atoms. The molecule has 1 saturated carbocycles. The fourth-order valence-corrected chi connectivity index (χ4v) is 2.86. The molecule has 6 heteroatoms. The van der Waals surface area contributed by atoms with E-state index in [2.05, 4.69) is 15.5 Å². The van der Waals surface area contributed by atoms with Crippen molar-refractivity contribution in [1.82, 2.24) is 10.2 Å². The summed E-state index contributed by atoms with van der Waals surface area (Å²) in [6.45, 7) is 2.02. The molecule has 1 unspecified atom stereocenters. The lowest BCUT2D eigenvalue weighted by atomic mass is 9.97. The van der Waals surface area contributed by atoms with Crippen LogP contribution in [0.2, 0.25) is 0 Å². The van der Waals surface area contributed by atoms with E-state index in [0.717, 1.165) is 12.1 Å². The number of nitrogens with zero attached hydrogens (tertiary/aromatic N) is 1. The summed E-state index contributed by atoms with van der Waals surface area (Å²) in [7, 11) is 0. The standard InChI is InChI=1S/C15H26N4O.ClH/c1-2-7-12(16)15(20)17-14-10-13(18-19-14)11-8-5-3-4-6-9-11;/h10-12H,2-9,16H2,1H3,(H2,17,18,19,20);1H. The van der Waals surface area contributed by atoms with Crippen LogP contribution in [-0.2, 0) is 4.79 Å². The van der Waals surface area contributed by atoms with Gasteiger partial charge in [-0.25, -0.2) is 0 Å². The summed E-state index contributed by atoms with van der Waals surface area (Å²) in [5, 5.41) is 10.1. The lowest BCUT2D eigenvalue weighted by Gasteiger charge is -2.10. The first kappa shape index (κ1) is 18.0. The van der Waals surface area contributed by atoms with Gasteiger partial charge in [-0.2, -0.15) is 5.10 Å². The molecule has 21 heavy (non-hydrogen) atoms. The number of amides is 1. The number of halogens is 1. The Kier molecular flexibility index (Phi) is 7.75. The van der Waals surface area contributed by atoms with Gasteiger partial charge in [0, 0.05) is 17.7 Å². The number of rotatable bonds is 5. The van der Waals surface area contributed by atoms with Crippen molar-refractivity contribution in [3.63, 3.8) is 0 Å². The summed E-state index contributed by atoms with van der Waals surface area (Å²) in [5.41, 5.74) is 6.94. The minimum Gasteiger partial charge on any atom is -0.320 e. The van der Waals surface area contributed by atoms with Crippen LogP contribution in [0.1, 0.15) is 69.9 Å². The van der Waals surface area contributed by atoms with Gasteiger partial charge in [0.2, 0.25) is 5.91 Å². The van der Waals surface area contributed by atoms with E-state index in [-0.39, 0.29) is 18.3 Å². The summed E-state index contributed by atoms with van der Waals surface area (Å²) in [6.07, 6.45) is 9.27. The Morgan fingerprint density at radius 2 is 2.10 bits per heavy atom. The first-order chi connectivity index (χ1) is 9.70. The van der Waals surface area contributed by atoms with Gasteiger partial charge in [0.1, 0.15) is 0 Å². The van der Waals surface area contributed by atoms with E-state index >= 15 is 0 Å². The molecule has 1 atom stereocenters. The van der Waals surface area contributed by atoms with Crippen LogP contribution in [0.3, 0.4) is 0 Å². The van der Waals surface area contributed by atoms with Crippen molar-refractivity contribution in [2.75, 3.05) is 5.32 Å². The fourth-order valence-electron chi connectivity index (χ4n) is 2.86. The molecule has 5 nitrogen and oxygen atoms in total. The molecule has 1 fully saturated rings. The van der Waals surface area contributed by atoms with Crippen molar-refractivity contribution in [2.24, 2.45) is 5.73 Å². The van der Waals surface area contributed by atoms with E-state index in [4.69, 9.17) is 5.73 Å². The number of aromatic amines is 1. The van der Waals surface area contributed by atoms with Crippen molar-refractivity contribution in [3.8, 4) is 0 Å². The second-order valence-corrected chi connectivity index (χ2v) is 5.78. The van der Waals surface area contributed by atoms with Crippen LogP contribution in [-0.4, -0.2) is 22.1 Å². The molecule has 1 aliphatic rings. The Morgan fingerprint density at radius 3 is 2.71 bits per heavy atom. The van der Waals surface area contributed by atoms with Crippen molar-refractivity contribution < 1.29 is 4.79 Å². The average molecular weight is 315 g/mol. The number of anilines is 1. The Bertz CT molecular complexity index is 427. The number of nitrogens with one attached hydrogen (secondary N) is 2. The predicted octanol–water partition coefficient (Wildman–Crippen LogP) is 3.34. The van der Waals surface area contributed by atoms with Crippen LogP contribution in [0.15, 0.2) is 6.07 Å². The Labute approximate surface area is 132 Å². The Hall–Kier alpha value is -1.07. The van der Waals surface area contributed by atoms with E-state index < -0.39 is 6.04 Å². The lowest BCUT2D eigenvalue weighted by Crippen LogP contribution is -2.35. The van der Waals surface area contributed by atoms with Crippen molar-refractivity contribution in [2.45, 2.75) is 70.3 Å². The van der Waals surface area contributed by atoms with E-state index in [1.54, 1.807) is 0 Å². The molecular formula is C15H27ClN4O. The maximum absolute atomic E-state index is 11.9. The maximum Gasteiger partial charge on any atom is 0.242 e. The smallest absolute Gasteiger partial charge is 0.242 e. The van der Waals surface area contributed by atoms with Gasteiger partial charge in [0.05, 0.1) is 6.04 Å². The molecule has 0 bridgehead atoms. The summed E-state index contributed by atoms with van der Waals surface area (Å²) in [4.78, 5) is 11.9. The molecule has 2 rings (SSSR count). The zero-order valence-corrected chi connectivity index (χ0v) is 13.5. The predicted molar refractivity (Wildman–Crippen MR) is 87.8 cm³/mol. The van der Waals surface area contributed by atoms with E-state index in [1.165, 1.54) is 38.5 Å². The maximum atomic E-state index is 11.9. The highest BCUT2D eigenvalue weighted by Gasteiger charge is 2.18. The molecule has 0 saturated heterocycles. The second-order valence-electron chi connectivity index (χ2n) is 5.78. The van der Waals surface area contributed by atoms with Crippen molar-refractivity contribution in [1.29, 1.82) is 0 Å². The first-order valence-electron chi connectivity index (χ1n) is 7.82. The number of nitrogens with two attached hydrogens (primary N) is 1. The minimum absolute atomic E-state index is 0. The summed E-state index contributed by atoms with van der Waals surface area (Å²) in [5.74, 6) is 1.01. The molecule has 120 valence electrons. The first-order valence-corrected chi connectivity index (χ1v) is 7.82. The van der Waals surface area contributed by atoms with Gasteiger partial charge >= 0.3 is 0 Å². The normalized spacial score (nSPS) is 17.6.